The van der Waals surface area contributed by atoms with E-state index in [0.29, 0.717) is 23.9 Å². The van der Waals surface area contributed by atoms with Gasteiger partial charge in [-0.2, -0.15) is 0 Å². The van der Waals surface area contributed by atoms with Crippen LogP contribution in [0.1, 0.15) is 12.8 Å². The summed E-state index contributed by atoms with van der Waals surface area (Å²) < 4.78 is 38.6. The Kier molecular flexibility index (Phi) is 2.74. The topological polar surface area (TPSA) is 78.0 Å². The molecule has 5 nitrogen and oxygen atoms in total. The molecular weight excluding hydrogens is 269 g/mol. The average molecular weight is 283 g/mol. The number of hydrogen-bond acceptors (Lipinski definition) is 4. The quantitative estimate of drug-likeness (QED) is 0.902. The van der Waals surface area contributed by atoms with Crippen molar-refractivity contribution in [3.05, 3.63) is 24.0 Å². The van der Waals surface area contributed by atoms with Gasteiger partial charge in [0.25, 0.3) is 0 Å². The number of aromatic nitrogens is 2. The summed E-state index contributed by atoms with van der Waals surface area (Å²) in [6.07, 6.45) is 1.30. The number of sulfone groups is 1. The van der Waals surface area contributed by atoms with Crippen molar-refractivity contribution in [2.24, 2.45) is 0 Å². The SMILES string of the molecule is Nc1nc2ccc(F)cc2n1CC1CCCS1(=O)=O. The van der Waals surface area contributed by atoms with Gasteiger partial charge in [-0.15, -0.1) is 0 Å². The van der Waals surface area contributed by atoms with E-state index in [2.05, 4.69) is 4.98 Å². The van der Waals surface area contributed by atoms with Crippen molar-refractivity contribution in [3.63, 3.8) is 0 Å². The van der Waals surface area contributed by atoms with Crippen LogP contribution in [-0.2, 0) is 16.4 Å². The molecule has 19 heavy (non-hydrogen) atoms. The van der Waals surface area contributed by atoms with Crippen LogP contribution in [0.4, 0.5) is 10.3 Å². The van der Waals surface area contributed by atoms with Crippen molar-refractivity contribution < 1.29 is 12.8 Å². The number of nitrogen functional groups attached to an aromatic ring is 1. The molecule has 2 aromatic rings. The van der Waals surface area contributed by atoms with Crippen molar-refractivity contribution in [1.82, 2.24) is 9.55 Å². The van der Waals surface area contributed by atoms with Crippen molar-refractivity contribution >= 4 is 26.8 Å². The first kappa shape index (κ1) is 12.4. The van der Waals surface area contributed by atoms with Crippen LogP contribution in [0.5, 0.6) is 0 Å². The number of hydrogen-bond donors (Lipinski definition) is 1. The van der Waals surface area contributed by atoms with Gasteiger partial charge >= 0.3 is 0 Å². The molecule has 0 saturated carbocycles. The van der Waals surface area contributed by atoms with Crippen LogP contribution in [-0.4, -0.2) is 29.0 Å². The summed E-state index contributed by atoms with van der Waals surface area (Å²) in [7, 11) is -3.06. The van der Waals surface area contributed by atoms with Crippen LogP contribution in [0.2, 0.25) is 0 Å². The highest BCUT2D eigenvalue weighted by atomic mass is 32.2. The highest BCUT2D eigenvalue weighted by Gasteiger charge is 2.32. The van der Waals surface area contributed by atoms with Crippen molar-refractivity contribution in [2.75, 3.05) is 11.5 Å². The highest BCUT2D eigenvalue weighted by Crippen LogP contribution is 2.25. The summed E-state index contributed by atoms with van der Waals surface area (Å²) in [6.45, 7) is 0.244. The molecule has 2 N–H and O–H groups in total. The fourth-order valence-electron chi connectivity index (χ4n) is 2.57. The zero-order chi connectivity index (χ0) is 13.6. The van der Waals surface area contributed by atoms with Gasteiger partial charge in [-0.05, 0) is 31.0 Å². The number of fused-ring (bicyclic) bond motifs is 1. The number of benzene rings is 1. The van der Waals surface area contributed by atoms with Gasteiger partial charge in [-0.1, -0.05) is 0 Å². The molecule has 0 bridgehead atoms. The zero-order valence-corrected chi connectivity index (χ0v) is 11.0. The molecule has 0 radical (unpaired) electrons. The normalized spacial score (nSPS) is 22.1. The molecule has 0 spiro atoms. The lowest BCUT2D eigenvalue weighted by Crippen LogP contribution is -2.23. The maximum atomic E-state index is 13.3. The molecule has 0 amide bonds. The van der Waals surface area contributed by atoms with E-state index < -0.39 is 15.1 Å². The molecule has 1 aromatic heterocycles. The second kappa shape index (κ2) is 4.19. The third-order valence-corrected chi connectivity index (χ3v) is 5.85. The fraction of sp³-hybridized carbons (Fsp3) is 0.417. The summed E-state index contributed by atoms with van der Waals surface area (Å²) in [4.78, 5) is 4.12. The Balaban J connectivity index is 2.05. The Morgan fingerprint density at radius 1 is 1.47 bits per heavy atom. The summed E-state index contributed by atoms with van der Waals surface area (Å²) in [5.74, 6) is 0.0593. The van der Waals surface area contributed by atoms with Gasteiger partial charge in [0.1, 0.15) is 5.82 Å². The molecule has 0 aliphatic carbocycles. The van der Waals surface area contributed by atoms with Crippen LogP contribution < -0.4 is 5.73 Å². The van der Waals surface area contributed by atoms with Gasteiger partial charge in [0.2, 0.25) is 5.95 Å². The number of halogens is 1. The first-order valence-corrected chi connectivity index (χ1v) is 7.82. The van der Waals surface area contributed by atoms with E-state index in [1.54, 1.807) is 10.6 Å². The summed E-state index contributed by atoms with van der Waals surface area (Å²) in [6, 6.07) is 4.19. The molecule has 1 aliphatic heterocycles. The van der Waals surface area contributed by atoms with E-state index in [1.807, 2.05) is 0 Å². The van der Waals surface area contributed by atoms with Gasteiger partial charge in [-0.3, -0.25) is 0 Å². The number of anilines is 1. The van der Waals surface area contributed by atoms with Gasteiger partial charge in [-0.25, -0.2) is 17.8 Å². The van der Waals surface area contributed by atoms with Crippen molar-refractivity contribution in [2.45, 2.75) is 24.6 Å². The average Bonchev–Trinajstić information content (AvgIpc) is 2.82. The highest BCUT2D eigenvalue weighted by molar-refractivity contribution is 7.92. The predicted octanol–water partition coefficient (Wildman–Crippen LogP) is 1.33. The van der Waals surface area contributed by atoms with Crippen LogP contribution >= 0.6 is 0 Å². The standard InChI is InChI=1S/C12H14FN3O2S/c13-8-3-4-10-11(6-8)16(12(14)15-10)7-9-2-1-5-19(9,17)18/h3-4,6,9H,1-2,5,7H2,(H2,14,15). The van der Waals surface area contributed by atoms with Crippen molar-refractivity contribution in [3.8, 4) is 0 Å². The lowest BCUT2D eigenvalue weighted by atomic mass is 10.2. The van der Waals surface area contributed by atoms with E-state index in [-0.39, 0.29) is 24.1 Å². The lowest BCUT2D eigenvalue weighted by Gasteiger charge is -2.12. The minimum atomic E-state index is -3.06. The maximum Gasteiger partial charge on any atom is 0.201 e. The third kappa shape index (κ3) is 2.07. The molecule has 1 unspecified atom stereocenters. The molecule has 1 saturated heterocycles. The summed E-state index contributed by atoms with van der Waals surface area (Å²) in [5, 5.41) is -0.449. The molecule has 1 atom stereocenters. The second-order valence-corrected chi connectivity index (χ2v) is 7.25. The monoisotopic (exact) mass is 283 g/mol. The van der Waals surface area contributed by atoms with E-state index in [4.69, 9.17) is 5.73 Å². The molecule has 1 aromatic carbocycles. The maximum absolute atomic E-state index is 13.3. The Hall–Kier alpha value is -1.63. The number of imidazole rings is 1. The summed E-state index contributed by atoms with van der Waals surface area (Å²) in [5.41, 5.74) is 6.92. The minimum absolute atomic E-state index is 0.221. The number of rotatable bonds is 2. The molecule has 1 aliphatic rings. The minimum Gasteiger partial charge on any atom is -0.369 e. The van der Waals surface area contributed by atoms with Gasteiger partial charge < -0.3 is 10.3 Å². The van der Waals surface area contributed by atoms with Gasteiger partial charge in [0.05, 0.1) is 22.0 Å². The van der Waals surface area contributed by atoms with Gasteiger partial charge in [0.15, 0.2) is 9.84 Å². The van der Waals surface area contributed by atoms with E-state index in [1.165, 1.54) is 12.1 Å². The number of nitrogens with two attached hydrogens (primary N) is 1. The van der Waals surface area contributed by atoms with Crippen molar-refractivity contribution in [1.29, 1.82) is 0 Å². The smallest absolute Gasteiger partial charge is 0.201 e. The largest absolute Gasteiger partial charge is 0.369 e. The Bertz CT molecular complexity index is 739. The van der Waals surface area contributed by atoms with Crippen LogP contribution in [0.25, 0.3) is 11.0 Å². The molecule has 1 fully saturated rings. The Morgan fingerprint density at radius 3 is 2.95 bits per heavy atom. The predicted molar refractivity (Wildman–Crippen MR) is 70.9 cm³/mol. The summed E-state index contributed by atoms with van der Waals surface area (Å²) >= 11 is 0. The first-order valence-electron chi connectivity index (χ1n) is 6.10. The van der Waals surface area contributed by atoms with E-state index in [9.17, 15) is 12.8 Å². The molecule has 2 heterocycles. The van der Waals surface area contributed by atoms with E-state index in [0.717, 1.165) is 0 Å². The number of nitrogens with zero attached hydrogens (tertiary/aromatic N) is 2. The first-order chi connectivity index (χ1) is 8.97. The van der Waals surface area contributed by atoms with E-state index >= 15 is 0 Å². The zero-order valence-electron chi connectivity index (χ0n) is 10.2. The Labute approximate surface area is 110 Å². The van der Waals surface area contributed by atoms with Crippen LogP contribution in [0, 0.1) is 5.82 Å². The van der Waals surface area contributed by atoms with Crippen LogP contribution in [0.15, 0.2) is 18.2 Å². The molecular formula is C12H14FN3O2S. The molecule has 3 rings (SSSR count). The Morgan fingerprint density at radius 2 is 2.26 bits per heavy atom. The van der Waals surface area contributed by atoms with Gasteiger partial charge in [0, 0.05) is 6.54 Å². The fourth-order valence-corrected chi connectivity index (χ4v) is 4.38. The van der Waals surface area contributed by atoms with Crippen LogP contribution in [0.3, 0.4) is 0 Å². The lowest BCUT2D eigenvalue weighted by molar-refractivity contribution is 0.571. The second-order valence-electron chi connectivity index (χ2n) is 4.84. The molecule has 102 valence electrons. The third-order valence-electron chi connectivity index (χ3n) is 3.59. The molecule has 7 heteroatoms.